The summed E-state index contributed by atoms with van der Waals surface area (Å²) in [5.74, 6) is 0.614. The van der Waals surface area contributed by atoms with Gasteiger partial charge < -0.3 is 4.57 Å². The molecular weight excluding hydrogens is 318 g/mol. The summed E-state index contributed by atoms with van der Waals surface area (Å²) in [6.45, 7) is 8.80. The summed E-state index contributed by atoms with van der Waals surface area (Å²) in [5.41, 5.74) is 9.49. The first-order valence-corrected chi connectivity index (χ1v) is 9.25. The Kier molecular flexibility index (Phi) is 4.03. The Hall–Kier alpha value is -2.68. The largest absolute Gasteiger partial charge is 0.340 e. The van der Waals surface area contributed by atoms with Gasteiger partial charge in [0.2, 0.25) is 0 Å². The second-order valence-corrected chi connectivity index (χ2v) is 7.77. The molecule has 0 radical (unpaired) electrons. The van der Waals surface area contributed by atoms with Crippen LogP contribution in [0.5, 0.6) is 0 Å². The molecular formula is C23H25N3. The lowest BCUT2D eigenvalue weighted by atomic mass is 10.0. The summed E-state index contributed by atoms with van der Waals surface area (Å²) in [6, 6.07) is 13.2. The molecule has 0 fully saturated rings. The number of nitrogens with zero attached hydrogens (tertiary/aromatic N) is 3. The minimum Gasteiger partial charge on any atom is -0.340 e. The van der Waals surface area contributed by atoms with Crippen LogP contribution in [0, 0.1) is 19.8 Å². The standard InChI is InChI=1S/C23H25N3/c1-14(2)9-17-7-6-8-19-21-23(26(5)22(17)19)20(24-13-25-21)18-11-15(3)10-16(4)12-18/h6-8,10-14H,9H2,1-5H3. The van der Waals surface area contributed by atoms with E-state index in [4.69, 9.17) is 0 Å². The third-order valence-electron chi connectivity index (χ3n) is 4.99. The van der Waals surface area contributed by atoms with E-state index in [9.17, 15) is 0 Å². The fraction of sp³-hybridized carbons (Fsp3) is 0.304. The van der Waals surface area contributed by atoms with E-state index in [2.05, 4.69) is 85.7 Å². The Morgan fingerprint density at radius 1 is 0.962 bits per heavy atom. The summed E-state index contributed by atoms with van der Waals surface area (Å²) >= 11 is 0. The SMILES string of the molecule is Cc1cc(C)cc(-c2ncnc3c4cccc(CC(C)C)c4n(C)c23)c1. The van der Waals surface area contributed by atoms with Gasteiger partial charge in [-0.05, 0) is 43.9 Å². The van der Waals surface area contributed by atoms with Gasteiger partial charge in [0.25, 0.3) is 0 Å². The zero-order valence-electron chi connectivity index (χ0n) is 16.2. The number of hydrogen-bond acceptors (Lipinski definition) is 2. The van der Waals surface area contributed by atoms with Crippen molar-refractivity contribution in [3.63, 3.8) is 0 Å². The van der Waals surface area contributed by atoms with E-state index in [0.717, 1.165) is 28.7 Å². The molecule has 0 unspecified atom stereocenters. The highest BCUT2D eigenvalue weighted by Gasteiger charge is 2.18. The van der Waals surface area contributed by atoms with E-state index in [1.165, 1.54) is 27.6 Å². The van der Waals surface area contributed by atoms with Gasteiger partial charge in [-0.25, -0.2) is 9.97 Å². The molecule has 0 amide bonds. The average molecular weight is 343 g/mol. The maximum absolute atomic E-state index is 4.67. The lowest BCUT2D eigenvalue weighted by molar-refractivity contribution is 0.648. The molecule has 4 aromatic rings. The van der Waals surface area contributed by atoms with Crippen molar-refractivity contribution in [3.05, 3.63) is 59.4 Å². The summed E-state index contributed by atoms with van der Waals surface area (Å²) in [5, 5.41) is 1.22. The van der Waals surface area contributed by atoms with Crippen molar-refractivity contribution in [2.45, 2.75) is 34.1 Å². The molecule has 26 heavy (non-hydrogen) atoms. The van der Waals surface area contributed by atoms with Gasteiger partial charge in [0, 0.05) is 18.0 Å². The van der Waals surface area contributed by atoms with Gasteiger partial charge in [-0.1, -0.05) is 49.2 Å². The van der Waals surface area contributed by atoms with Crippen LogP contribution < -0.4 is 0 Å². The van der Waals surface area contributed by atoms with E-state index in [0.29, 0.717) is 5.92 Å². The van der Waals surface area contributed by atoms with Crippen molar-refractivity contribution in [2.24, 2.45) is 13.0 Å². The van der Waals surface area contributed by atoms with Gasteiger partial charge >= 0.3 is 0 Å². The van der Waals surface area contributed by atoms with Crippen molar-refractivity contribution < 1.29 is 0 Å². The van der Waals surface area contributed by atoms with Crippen LogP contribution in [0.1, 0.15) is 30.5 Å². The molecule has 0 saturated carbocycles. The summed E-state index contributed by atoms with van der Waals surface area (Å²) in [7, 11) is 2.14. The molecule has 132 valence electrons. The van der Waals surface area contributed by atoms with Gasteiger partial charge in [-0.2, -0.15) is 0 Å². The maximum atomic E-state index is 4.67. The highest BCUT2D eigenvalue weighted by molar-refractivity contribution is 6.10. The van der Waals surface area contributed by atoms with E-state index >= 15 is 0 Å². The Morgan fingerprint density at radius 2 is 1.69 bits per heavy atom. The van der Waals surface area contributed by atoms with Crippen molar-refractivity contribution in [1.82, 2.24) is 14.5 Å². The number of hydrogen-bond donors (Lipinski definition) is 0. The molecule has 0 spiro atoms. The third kappa shape index (κ3) is 2.68. The fourth-order valence-electron chi connectivity index (χ4n) is 4.11. The molecule has 4 rings (SSSR count). The molecule has 2 aromatic heterocycles. The predicted molar refractivity (Wildman–Crippen MR) is 109 cm³/mol. The van der Waals surface area contributed by atoms with E-state index in [1.54, 1.807) is 6.33 Å². The predicted octanol–water partition coefficient (Wildman–Crippen LogP) is 5.60. The zero-order valence-corrected chi connectivity index (χ0v) is 16.2. The number of rotatable bonds is 3. The van der Waals surface area contributed by atoms with Gasteiger partial charge in [0.15, 0.2) is 0 Å². The van der Waals surface area contributed by atoms with E-state index in [-0.39, 0.29) is 0 Å². The molecule has 0 aliphatic heterocycles. The second kappa shape index (κ2) is 6.24. The van der Waals surface area contributed by atoms with Crippen molar-refractivity contribution in [1.29, 1.82) is 0 Å². The van der Waals surface area contributed by atoms with E-state index in [1.807, 2.05) is 0 Å². The molecule has 0 N–H and O–H groups in total. The average Bonchev–Trinajstić information content (AvgIpc) is 2.88. The monoisotopic (exact) mass is 343 g/mol. The van der Waals surface area contributed by atoms with Crippen LogP contribution in [-0.4, -0.2) is 14.5 Å². The quantitative estimate of drug-likeness (QED) is 0.484. The molecule has 2 heterocycles. The topological polar surface area (TPSA) is 30.7 Å². The Morgan fingerprint density at radius 3 is 2.38 bits per heavy atom. The van der Waals surface area contributed by atoms with Crippen LogP contribution in [-0.2, 0) is 13.5 Å². The lowest BCUT2D eigenvalue weighted by Crippen LogP contribution is -1.99. The van der Waals surface area contributed by atoms with Gasteiger partial charge in [-0.3, -0.25) is 0 Å². The Bertz CT molecular complexity index is 1100. The van der Waals surface area contributed by atoms with Crippen LogP contribution in [0.25, 0.3) is 33.2 Å². The van der Waals surface area contributed by atoms with Gasteiger partial charge in [-0.15, -0.1) is 0 Å². The molecule has 0 bridgehead atoms. The molecule has 3 heteroatoms. The zero-order chi connectivity index (χ0) is 18.4. The molecule has 2 aromatic carbocycles. The van der Waals surface area contributed by atoms with Crippen molar-refractivity contribution in [3.8, 4) is 11.3 Å². The number of aryl methyl sites for hydroxylation is 3. The number of fused-ring (bicyclic) bond motifs is 3. The van der Waals surface area contributed by atoms with Crippen LogP contribution in [0.15, 0.2) is 42.7 Å². The Balaban J connectivity index is 2.08. The first kappa shape index (κ1) is 16.8. The fourth-order valence-corrected chi connectivity index (χ4v) is 4.11. The van der Waals surface area contributed by atoms with Gasteiger partial charge in [0.1, 0.15) is 11.8 Å². The summed E-state index contributed by atoms with van der Waals surface area (Å²) in [6.07, 6.45) is 2.76. The number of aromatic nitrogens is 3. The molecule has 0 saturated heterocycles. The van der Waals surface area contributed by atoms with Crippen LogP contribution in [0.2, 0.25) is 0 Å². The van der Waals surface area contributed by atoms with Crippen LogP contribution in [0.4, 0.5) is 0 Å². The second-order valence-electron chi connectivity index (χ2n) is 7.77. The maximum Gasteiger partial charge on any atom is 0.116 e. The smallest absolute Gasteiger partial charge is 0.116 e. The summed E-state index contributed by atoms with van der Waals surface area (Å²) in [4.78, 5) is 9.32. The highest BCUT2D eigenvalue weighted by Crippen LogP contribution is 2.35. The minimum absolute atomic E-state index is 0.614. The first-order valence-electron chi connectivity index (χ1n) is 9.25. The van der Waals surface area contributed by atoms with E-state index < -0.39 is 0 Å². The molecule has 0 aliphatic rings. The normalized spacial score (nSPS) is 11.8. The molecule has 0 aliphatic carbocycles. The van der Waals surface area contributed by atoms with Crippen molar-refractivity contribution >= 4 is 21.9 Å². The highest BCUT2D eigenvalue weighted by atomic mass is 15.0. The van der Waals surface area contributed by atoms with Crippen molar-refractivity contribution in [2.75, 3.05) is 0 Å². The third-order valence-corrected chi connectivity index (χ3v) is 4.99. The molecule has 3 nitrogen and oxygen atoms in total. The summed E-state index contributed by atoms with van der Waals surface area (Å²) < 4.78 is 2.29. The Labute approximate surface area is 154 Å². The minimum atomic E-state index is 0.614. The first-order chi connectivity index (χ1) is 12.5. The van der Waals surface area contributed by atoms with Gasteiger partial charge in [0.05, 0.1) is 16.7 Å². The van der Waals surface area contributed by atoms with Crippen LogP contribution >= 0.6 is 0 Å². The number of para-hydroxylation sites is 1. The molecule has 0 atom stereocenters. The number of benzene rings is 2. The lowest BCUT2D eigenvalue weighted by Gasteiger charge is -2.10. The van der Waals surface area contributed by atoms with Crippen LogP contribution in [0.3, 0.4) is 0 Å².